The highest BCUT2D eigenvalue weighted by atomic mass is 16.4. The van der Waals surface area contributed by atoms with Crippen molar-refractivity contribution in [2.24, 2.45) is 0 Å². The Balaban J connectivity index is 0. The molecule has 0 rings (SSSR count). The Kier molecular flexibility index (Phi) is 15.8. The second-order valence-corrected chi connectivity index (χ2v) is 2.12. The highest BCUT2D eigenvalue weighted by Gasteiger charge is 1.86. The predicted molar refractivity (Wildman–Crippen MR) is 48.6 cm³/mol. The monoisotopic (exact) mass is 194 g/mol. The van der Waals surface area contributed by atoms with Crippen LogP contribution in [-0.4, -0.2) is 61.2 Å². The van der Waals surface area contributed by atoms with E-state index in [4.69, 9.17) is 15.3 Å². The molecule has 13 heavy (non-hydrogen) atoms. The number of rotatable bonds is 6. The molecular formula is C7H18N2O4. The lowest BCUT2D eigenvalue weighted by atomic mass is 10.6. The first-order chi connectivity index (χ1) is 6.18. The Morgan fingerprint density at radius 1 is 1.23 bits per heavy atom. The van der Waals surface area contributed by atoms with Crippen molar-refractivity contribution < 1.29 is 20.1 Å². The SMILES string of the molecule is CNCC(=O)O.OCCNCCO. The number of carboxylic acid groups (broad SMARTS) is 1. The zero-order valence-corrected chi connectivity index (χ0v) is 7.79. The number of likely N-dealkylation sites (N-methyl/N-ethyl adjacent to an activating group) is 1. The minimum absolute atomic E-state index is 0.0417. The van der Waals surface area contributed by atoms with E-state index >= 15 is 0 Å². The maximum Gasteiger partial charge on any atom is 0.317 e. The minimum atomic E-state index is -0.822. The van der Waals surface area contributed by atoms with Crippen LogP contribution in [-0.2, 0) is 4.79 Å². The van der Waals surface area contributed by atoms with Gasteiger partial charge in [-0.05, 0) is 7.05 Å². The average molecular weight is 194 g/mol. The molecule has 0 saturated heterocycles. The molecule has 0 heterocycles. The number of carbonyl (C=O) groups is 1. The van der Waals surface area contributed by atoms with Gasteiger partial charge < -0.3 is 26.0 Å². The van der Waals surface area contributed by atoms with Crippen LogP contribution in [0.3, 0.4) is 0 Å². The van der Waals surface area contributed by atoms with Gasteiger partial charge in [-0.1, -0.05) is 0 Å². The van der Waals surface area contributed by atoms with Crippen molar-refractivity contribution in [3.05, 3.63) is 0 Å². The normalized spacial score (nSPS) is 8.85. The van der Waals surface area contributed by atoms with Crippen LogP contribution >= 0.6 is 0 Å². The van der Waals surface area contributed by atoms with Gasteiger partial charge in [0, 0.05) is 13.1 Å². The molecule has 0 amide bonds. The van der Waals surface area contributed by atoms with Crippen molar-refractivity contribution in [3.63, 3.8) is 0 Å². The predicted octanol–water partition coefficient (Wildman–Crippen LogP) is -2.15. The molecule has 0 aromatic rings. The van der Waals surface area contributed by atoms with Gasteiger partial charge in [0.15, 0.2) is 0 Å². The van der Waals surface area contributed by atoms with E-state index in [0.29, 0.717) is 13.1 Å². The summed E-state index contributed by atoms with van der Waals surface area (Å²) in [7, 11) is 1.59. The van der Waals surface area contributed by atoms with Gasteiger partial charge in [0.05, 0.1) is 19.8 Å². The molecule has 0 fully saturated rings. The Morgan fingerprint density at radius 2 is 1.69 bits per heavy atom. The fraction of sp³-hybridized carbons (Fsp3) is 0.857. The van der Waals surface area contributed by atoms with Gasteiger partial charge in [-0.2, -0.15) is 0 Å². The first-order valence-corrected chi connectivity index (χ1v) is 3.97. The second kappa shape index (κ2) is 13.9. The molecule has 0 atom stereocenters. The third-order valence-electron chi connectivity index (χ3n) is 0.905. The summed E-state index contributed by atoms with van der Waals surface area (Å²) >= 11 is 0. The number of hydrogen-bond donors (Lipinski definition) is 5. The van der Waals surface area contributed by atoms with Crippen molar-refractivity contribution in [3.8, 4) is 0 Å². The molecule has 0 aliphatic rings. The van der Waals surface area contributed by atoms with Crippen molar-refractivity contribution >= 4 is 5.97 Å². The van der Waals surface area contributed by atoms with Crippen LogP contribution in [0.4, 0.5) is 0 Å². The van der Waals surface area contributed by atoms with Crippen LogP contribution in [0.15, 0.2) is 0 Å². The summed E-state index contributed by atoms with van der Waals surface area (Å²) in [6.45, 7) is 1.46. The molecule has 0 radical (unpaired) electrons. The molecule has 0 aliphatic heterocycles. The zero-order valence-electron chi connectivity index (χ0n) is 7.79. The van der Waals surface area contributed by atoms with E-state index in [0.717, 1.165) is 0 Å². The quantitative estimate of drug-likeness (QED) is 0.309. The number of nitrogens with one attached hydrogen (secondary N) is 2. The lowest BCUT2D eigenvalue weighted by molar-refractivity contribution is -0.135. The van der Waals surface area contributed by atoms with Crippen LogP contribution in [0, 0.1) is 0 Å². The molecular weight excluding hydrogens is 176 g/mol. The highest BCUT2D eigenvalue weighted by Crippen LogP contribution is 1.54. The lowest BCUT2D eigenvalue weighted by Gasteiger charge is -1.94. The van der Waals surface area contributed by atoms with Crippen LogP contribution in [0.25, 0.3) is 0 Å². The minimum Gasteiger partial charge on any atom is -0.480 e. The summed E-state index contributed by atoms with van der Waals surface area (Å²) in [5.74, 6) is -0.822. The largest absolute Gasteiger partial charge is 0.480 e. The Bertz CT molecular complexity index is 107. The summed E-state index contributed by atoms with van der Waals surface area (Å²) in [5.41, 5.74) is 0. The molecule has 5 N–H and O–H groups in total. The number of hydrogen-bond acceptors (Lipinski definition) is 5. The number of aliphatic hydroxyl groups is 2. The van der Waals surface area contributed by atoms with Crippen molar-refractivity contribution in [2.45, 2.75) is 0 Å². The zero-order chi connectivity index (χ0) is 10.5. The third-order valence-corrected chi connectivity index (χ3v) is 0.905. The van der Waals surface area contributed by atoms with Gasteiger partial charge in [0.2, 0.25) is 0 Å². The summed E-state index contributed by atoms with van der Waals surface area (Å²) < 4.78 is 0. The summed E-state index contributed by atoms with van der Waals surface area (Å²) in [4.78, 5) is 9.54. The Morgan fingerprint density at radius 3 is 1.85 bits per heavy atom. The van der Waals surface area contributed by atoms with E-state index in [1.54, 1.807) is 7.05 Å². The fourth-order valence-electron chi connectivity index (χ4n) is 0.434. The molecule has 0 saturated carbocycles. The summed E-state index contributed by atoms with van der Waals surface area (Å²) in [5, 5.41) is 29.4. The van der Waals surface area contributed by atoms with Crippen LogP contribution in [0.5, 0.6) is 0 Å². The number of carboxylic acids is 1. The smallest absolute Gasteiger partial charge is 0.317 e. The molecule has 0 unspecified atom stereocenters. The lowest BCUT2D eigenvalue weighted by Crippen LogP contribution is -2.21. The fourth-order valence-corrected chi connectivity index (χ4v) is 0.434. The van der Waals surface area contributed by atoms with Gasteiger partial charge in [0.1, 0.15) is 0 Å². The van der Waals surface area contributed by atoms with Gasteiger partial charge >= 0.3 is 5.97 Å². The van der Waals surface area contributed by atoms with E-state index in [1.807, 2.05) is 0 Å². The van der Waals surface area contributed by atoms with Crippen LogP contribution < -0.4 is 10.6 Å². The maximum absolute atomic E-state index is 9.54. The van der Waals surface area contributed by atoms with E-state index in [1.165, 1.54) is 0 Å². The molecule has 0 aliphatic carbocycles. The number of aliphatic hydroxyl groups excluding tert-OH is 2. The van der Waals surface area contributed by atoms with Crippen LogP contribution in [0.2, 0.25) is 0 Å². The second-order valence-electron chi connectivity index (χ2n) is 2.12. The molecule has 0 aromatic carbocycles. The highest BCUT2D eigenvalue weighted by molar-refractivity contribution is 5.68. The molecule has 0 aromatic heterocycles. The third kappa shape index (κ3) is 24.6. The topological polar surface area (TPSA) is 102 Å². The van der Waals surface area contributed by atoms with E-state index in [9.17, 15) is 4.79 Å². The first-order valence-electron chi connectivity index (χ1n) is 3.97. The summed E-state index contributed by atoms with van der Waals surface area (Å²) in [6, 6.07) is 0. The average Bonchev–Trinajstić information content (AvgIpc) is 2.06. The first kappa shape index (κ1) is 14.8. The maximum atomic E-state index is 9.54. The van der Waals surface area contributed by atoms with Crippen molar-refractivity contribution in [1.29, 1.82) is 0 Å². The van der Waals surface area contributed by atoms with Crippen molar-refractivity contribution in [1.82, 2.24) is 10.6 Å². The standard InChI is InChI=1S/C4H11NO2.C3H7NO2/c6-3-1-5-2-4-7;1-4-2-3(5)6/h5-7H,1-4H2;4H,2H2,1H3,(H,5,6). The van der Waals surface area contributed by atoms with Crippen LogP contribution in [0.1, 0.15) is 0 Å². The summed E-state index contributed by atoms with van der Waals surface area (Å²) in [6.07, 6.45) is 0. The molecule has 6 heteroatoms. The molecule has 0 bridgehead atoms. The van der Waals surface area contributed by atoms with E-state index < -0.39 is 5.97 Å². The van der Waals surface area contributed by atoms with Gasteiger partial charge in [-0.15, -0.1) is 0 Å². The van der Waals surface area contributed by atoms with E-state index in [2.05, 4.69) is 10.6 Å². The van der Waals surface area contributed by atoms with Gasteiger partial charge in [-0.3, -0.25) is 4.79 Å². The van der Waals surface area contributed by atoms with Gasteiger partial charge in [0.25, 0.3) is 0 Å². The van der Waals surface area contributed by atoms with E-state index in [-0.39, 0.29) is 19.8 Å². The Labute approximate surface area is 77.6 Å². The number of aliphatic carboxylic acids is 1. The Hall–Kier alpha value is -0.690. The van der Waals surface area contributed by atoms with Crippen molar-refractivity contribution in [2.75, 3.05) is 39.9 Å². The molecule has 6 nitrogen and oxygen atoms in total. The van der Waals surface area contributed by atoms with Gasteiger partial charge in [-0.25, -0.2) is 0 Å². The molecule has 80 valence electrons. The molecule has 0 spiro atoms.